The molecular formula is C16H23N5O. The maximum absolute atomic E-state index is 11.6. The number of nitrogens with zero attached hydrogens (tertiary/aromatic N) is 3. The van der Waals surface area contributed by atoms with Crippen molar-refractivity contribution in [3.63, 3.8) is 0 Å². The molecule has 0 spiro atoms. The van der Waals surface area contributed by atoms with Crippen LogP contribution in [0.4, 0.5) is 5.95 Å². The van der Waals surface area contributed by atoms with Crippen molar-refractivity contribution in [1.29, 1.82) is 0 Å². The lowest BCUT2D eigenvalue weighted by Crippen LogP contribution is -2.49. The van der Waals surface area contributed by atoms with Crippen LogP contribution in [0.1, 0.15) is 51.1 Å². The first-order valence-corrected chi connectivity index (χ1v) is 8.28. The molecule has 2 N–H and O–H groups in total. The molecule has 118 valence electrons. The number of rotatable bonds is 3. The highest BCUT2D eigenvalue weighted by molar-refractivity contribution is 5.89. The van der Waals surface area contributed by atoms with Crippen molar-refractivity contribution in [2.24, 2.45) is 28.3 Å². The highest BCUT2D eigenvalue weighted by Crippen LogP contribution is 2.60. The average molecular weight is 301 g/mol. The van der Waals surface area contributed by atoms with Gasteiger partial charge in [-0.15, -0.1) is 10.2 Å². The summed E-state index contributed by atoms with van der Waals surface area (Å²) in [5.41, 5.74) is 4.48. The van der Waals surface area contributed by atoms with Gasteiger partial charge in [0.15, 0.2) is 0 Å². The van der Waals surface area contributed by atoms with Gasteiger partial charge in [-0.1, -0.05) is 0 Å². The second-order valence-electron chi connectivity index (χ2n) is 7.60. The van der Waals surface area contributed by atoms with Crippen LogP contribution in [-0.4, -0.2) is 20.9 Å². The molecule has 5 rings (SSSR count). The van der Waals surface area contributed by atoms with Crippen molar-refractivity contribution in [2.45, 2.75) is 52.4 Å². The topological polar surface area (TPSA) is 83.0 Å². The third kappa shape index (κ3) is 2.25. The molecule has 1 heterocycles. The molecule has 0 atom stereocenters. The maximum Gasteiger partial charge on any atom is 0.274 e. The Balaban J connectivity index is 1.54. The van der Waals surface area contributed by atoms with Gasteiger partial charge in [-0.3, -0.25) is 9.78 Å². The molecule has 0 saturated heterocycles. The Labute approximate surface area is 129 Å². The molecule has 0 aliphatic heterocycles. The summed E-state index contributed by atoms with van der Waals surface area (Å²) in [6, 6.07) is 0. The molecular weight excluding hydrogens is 278 g/mol. The van der Waals surface area contributed by atoms with E-state index in [2.05, 4.69) is 32.6 Å². The Bertz CT molecular complexity index is 642. The number of hydrogen-bond acceptors (Lipinski definition) is 5. The number of aromatic amines is 1. The van der Waals surface area contributed by atoms with Crippen LogP contribution in [0.25, 0.3) is 0 Å². The summed E-state index contributed by atoms with van der Waals surface area (Å²) in [6.45, 7) is 3.76. The zero-order chi connectivity index (χ0) is 15.3. The molecule has 1 aromatic heterocycles. The molecule has 4 bridgehead atoms. The lowest BCUT2D eigenvalue weighted by Gasteiger charge is -2.56. The number of aromatic nitrogens is 3. The Morgan fingerprint density at radius 3 is 2.32 bits per heavy atom. The Morgan fingerprint density at radius 1 is 1.18 bits per heavy atom. The fourth-order valence-electron chi connectivity index (χ4n) is 5.25. The van der Waals surface area contributed by atoms with Gasteiger partial charge in [0.2, 0.25) is 5.95 Å². The van der Waals surface area contributed by atoms with Crippen molar-refractivity contribution in [2.75, 3.05) is 5.43 Å². The third-order valence-corrected chi connectivity index (χ3v) is 6.00. The lowest BCUT2D eigenvalue weighted by molar-refractivity contribution is -0.0126. The molecule has 22 heavy (non-hydrogen) atoms. The normalized spacial score (nSPS) is 36.6. The monoisotopic (exact) mass is 301 g/mol. The second-order valence-corrected chi connectivity index (χ2v) is 7.60. The largest absolute Gasteiger partial charge is 0.288 e. The van der Waals surface area contributed by atoms with E-state index in [-0.39, 0.29) is 11.0 Å². The summed E-state index contributed by atoms with van der Waals surface area (Å²) in [7, 11) is 0. The summed E-state index contributed by atoms with van der Waals surface area (Å²) in [6.07, 6.45) is 8.13. The van der Waals surface area contributed by atoms with Crippen molar-refractivity contribution in [3.05, 3.63) is 16.0 Å². The minimum atomic E-state index is -0.222. The number of hydrazone groups is 1. The standard InChI is InChI=1S/C16H23N5O/c1-9-14(22)17-15(20-18-9)21-19-10(2)16-6-11-3-12(7-16)5-13(4-11)8-16/h11-13H,3-8H2,1-2H3,(H2,17,20,21,22)/b19-10-. The summed E-state index contributed by atoms with van der Waals surface area (Å²) in [4.78, 5) is 14.2. The third-order valence-electron chi connectivity index (χ3n) is 6.00. The molecule has 0 unspecified atom stereocenters. The number of anilines is 1. The van der Waals surface area contributed by atoms with Crippen LogP contribution in [0.3, 0.4) is 0 Å². The van der Waals surface area contributed by atoms with Gasteiger partial charge in [-0.05, 0) is 70.1 Å². The zero-order valence-electron chi connectivity index (χ0n) is 13.2. The van der Waals surface area contributed by atoms with Crippen LogP contribution in [0.2, 0.25) is 0 Å². The molecule has 4 saturated carbocycles. The van der Waals surface area contributed by atoms with E-state index < -0.39 is 0 Å². The molecule has 6 nitrogen and oxygen atoms in total. The lowest BCUT2D eigenvalue weighted by atomic mass is 9.48. The Morgan fingerprint density at radius 2 is 1.77 bits per heavy atom. The van der Waals surface area contributed by atoms with Crippen LogP contribution < -0.4 is 11.0 Å². The summed E-state index contributed by atoms with van der Waals surface area (Å²) < 4.78 is 0. The van der Waals surface area contributed by atoms with Crippen LogP contribution in [0.5, 0.6) is 0 Å². The van der Waals surface area contributed by atoms with Gasteiger partial charge < -0.3 is 0 Å². The molecule has 4 aliphatic rings. The van der Waals surface area contributed by atoms with Gasteiger partial charge in [-0.2, -0.15) is 5.10 Å². The van der Waals surface area contributed by atoms with E-state index in [1.165, 1.54) is 38.5 Å². The highest BCUT2D eigenvalue weighted by Gasteiger charge is 2.52. The SMILES string of the molecule is C/C(=N/Nc1nnc(C)c(=O)[nH]1)C12CC3CC(CC(C3)C1)C2. The van der Waals surface area contributed by atoms with Gasteiger partial charge >= 0.3 is 0 Å². The molecule has 6 heteroatoms. The number of hydrogen-bond donors (Lipinski definition) is 2. The first-order chi connectivity index (χ1) is 10.5. The molecule has 0 aromatic carbocycles. The fourth-order valence-corrected chi connectivity index (χ4v) is 5.25. The molecule has 4 fully saturated rings. The Hall–Kier alpha value is -1.72. The zero-order valence-corrected chi connectivity index (χ0v) is 13.2. The van der Waals surface area contributed by atoms with E-state index in [0.29, 0.717) is 11.6 Å². The van der Waals surface area contributed by atoms with E-state index in [0.717, 1.165) is 23.5 Å². The number of H-pyrrole nitrogens is 1. The van der Waals surface area contributed by atoms with Crippen LogP contribution >= 0.6 is 0 Å². The molecule has 1 aromatic rings. The smallest absolute Gasteiger partial charge is 0.274 e. The minimum absolute atomic E-state index is 0.222. The molecule has 0 radical (unpaired) electrons. The summed E-state index contributed by atoms with van der Waals surface area (Å²) in [5.74, 6) is 3.01. The van der Waals surface area contributed by atoms with E-state index >= 15 is 0 Å². The second kappa shape index (κ2) is 4.89. The maximum atomic E-state index is 11.6. The minimum Gasteiger partial charge on any atom is -0.288 e. The average Bonchev–Trinajstić information content (AvgIpc) is 2.46. The van der Waals surface area contributed by atoms with Gasteiger partial charge in [0.05, 0.1) is 0 Å². The first kappa shape index (κ1) is 13.9. The number of nitrogens with one attached hydrogen (secondary N) is 2. The highest BCUT2D eigenvalue weighted by atomic mass is 16.1. The quantitative estimate of drug-likeness (QED) is 0.663. The van der Waals surface area contributed by atoms with Crippen LogP contribution in [0, 0.1) is 30.1 Å². The summed E-state index contributed by atoms with van der Waals surface area (Å²) in [5, 5.41) is 12.3. The van der Waals surface area contributed by atoms with E-state index in [9.17, 15) is 4.79 Å². The molecule has 4 aliphatic carbocycles. The van der Waals surface area contributed by atoms with Crippen molar-refractivity contribution in [1.82, 2.24) is 15.2 Å². The van der Waals surface area contributed by atoms with Gasteiger partial charge in [-0.25, -0.2) is 5.43 Å². The van der Waals surface area contributed by atoms with Crippen molar-refractivity contribution < 1.29 is 0 Å². The fraction of sp³-hybridized carbons (Fsp3) is 0.750. The van der Waals surface area contributed by atoms with Crippen LogP contribution in [0.15, 0.2) is 9.90 Å². The van der Waals surface area contributed by atoms with E-state index in [1.54, 1.807) is 6.92 Å². The van der Waals surface area contributed by atoms with Gasteiger partial charge in [0.25, 0.3) is 5.56 Å². The van der Waals surface area contributed by atoms with E-state index in [4.69, 9.17) is 0 Å². The van der Waals surface area contributed by atoms with Crippen LogP contribution in [-0.2, 0) is 0 Å². The predicted octanol–water partition coefficient (Wildman–Crippen LogP) is 2.48. The van der Waals surface area contributed by atoms with Crippen molar-refractivity contribution >= 4 is 11.7 Å². The summed E-state index contributed by atoms with van der Waals surface area (Å²) >= 11 is 0. The number of aryl methyl sites for hydroxylation is 1. The predicted molar refractivity (Wildman–Crippen MR) is 84.7 cm³/mol. The van der Waals surface area contributed by atoms with Gasteiger partial charge in [0, 0.05) is 11.1 Å². The molecule has 0 amide bonds. The first-order valence-electron chi connectivity index (χ1n) is 8.28. The van der Waals surface area contributed by atoms with E-state index in [1.807, 2.05) is 0 Å². The van der Waals surface area contributed by atoms with Crippen molar-refractivity contribution in [3.8, 4) is 0 Å². The van der Waals surface area contributed by atoms with Gasteiger partial charge in [0.1, 0.15) is 5.69 Å². The Kier molecular flexibility index (Phi) is 3.09.